The highest BCUT2D eigenvalue weighted by Crippen LogP contribution is 2.02. The second-order valence-electron chi connectivity index (χ2n) is 2.14. The van der Waals surface area contributed by atoms with Crippen LogP contribution in [0.15, 0.2) is 23.6 Å². The third-order valence-corrected chi connectivity index (χ3v) is 1.09. The van der Waals surface area contributed by atoms with Crippen LogP contribution in [0.1, 0.15) is 12.8 Å². The van der Waals surface area contributed by atoms with Gasteiger partial charge in [-0.3, -0.25) is 0 Å². The van der Waals surface area contributed by atoms with Gasteiger partial charge in [0.2, 0.25) is 0 Å². The summed E-state index contributed by atoms with van der Waals surface area (Å²) in [5.41, 5.74) is 16.8. The SMILES string of the molecule is [B]C(=C)CCC(N)=C(N)N. The van der Waals surface area contributed by atoms with Gasteiger partial charge in [0.1, 0.15) is 13.7 Å². The van der Waals surface area contributed by atoms with Crippen molar-refractivity contribution in [2.24, 2.45) is 17.2 Å². The molecule has 0 aromatic rings. The molecule has 0 atom stereocenters. The molecule has 0 saturated heterocycles. The van der Waals surface area contributed by atoms with E-state index in [1.54, 1.807) is 0 Å². The summed E-state index contributed by atoms with van der Waals surface area (Å²) in [6.07, 6.45) is 1.21. The lowest BCUT2D eigenvalue weighted by Gasteiger charge is -2.02. The van der Waals surface area contributed by atoms with Gasteiger partial charge in [0.25, 0.3) is 0 Å². The maximum absolute atomic E-state index is 5.40. The van der Waals surface area contributed by atoms with Gasteiger partial charge >= 0.3 is 0 Å². The summed E-state index contributed by atoms with van der Waals surface area (Å²) in [4.78, 5) is 0. The van der Waals surface area contributed by atoms with Crippen molar-refractivity contribution in [2.75, 3.05) is 0 Å². The topological polar surface area (TPSA) is 78.1 Å². The molecular weight excluding hydrogens is 125 g/mol. The molecule has 0 amide bonds. The van der Waals surface area contributed by atoms with Crippen molar-refractivity contribution in [3.63, 3.8) is 0 Å². The Morgan fingerprint density at radius 3 is 2.00 bits per heavy atom. The van der Waals surface area contributed by atoms with Crippen molar-refractivity contribution < 1.29 is 0 Å². The zero-order valence-electron chi connectivity index (χ0n) is 5.93. The largest absolute Gasteiger partial charge is 0.399 e. The predicted molar refractivity (Wildman–Crippen MR) is 43.7 cm³/mol. The van der Waals surface area contributed by atoms with Crippen molar-refractivity contribution in [1.29, 1.82) is 0 Å². The number of hydrogen-bond donors (Lipinski definition) is 3. The van der Waals surface area contributed by atoms with Gasteiger partial charge in [-0.2, -0.15) is 0 Å². The highest BCUT2D eigenvalue weighted by molar-refractivity contribution is 6.21. The van der Waals surface area contributed by atoms with Crippen LogP contribution in [0.2, 0.25) is 0 Å². The molecule has 0 bridgehead atoms. The van der Waals surface area contributed by atoms with Gasteiger partial charge in [-0.25, -0.2) is 0 Å². The van der Waals surface area contributed by atoms with Crippen LogP contribution in [0.5, 0.6) is 0 Å². The maximum atomic E-state index is 5.40. The average Bonchev–Trinajstić information content (AvgIpc) is 1.82. The van der Waals surface area contributed by atoms with Crippen molar-refractivity contribution in [1.82, 2.24) is 0 Å². The molecule has 54 valence electrons. The number of hydrogen-bond acceptors (Lipinski definition) is 3. The summed E-state index contributed by atoms with van der Waals surface area (Å²) in [5.74, 6) is 0.168. The molecular formula is C6H12BN3. The Hall–Kier alpha value is -1.06. The fourth-order valence-electron chi connectivity index (χ4n) is 0.440. The standard InChI is InChI=1S/C6H12BN3/c1-4(7)2-3-5(8)6(9)10/h1-3,8-10H2. The van der Waals surface area contributed by atoms with Crippen LogP contribution in [0.25, 0.3) is 0 Å². The van der Waals surface area contributed by atoms with E-state index in [0.717, 1.165) is 0 Å². The van der Waals surface area contributed by atoms with Gasteiger partial charge in [0, 0.05) is 5.70 Å². The van der Waals surface area contributed by atoms with Crippen LogP contribution >= 0.6 is 0 Å². The number of nitrogens with two attached hydrogens (primary N) is 3. The first-order chi connectivity index (χ1) is 4.54. The summed E-state index contributed by atoms with van der Waals surface area (Å²) in [6.45, 7) is 3.50. The molecule has 0 aliphatic heterocycles. The van der Waals surface area contributed by atoms with E-state index < -0.39 is 0 Å². The molecule has 0 saturated carbocycles. The monoisotopic (exact) mass is 137 g/mol. The van der Waals surface area contributed by atoms with E-state index in [4.69, 9.17) is 25.0 Å². The smallest absolute Gasteiger partial charge is 0.113 e. The molecule has 0 aromatic carbocycles. The molecule has 6 N–H and O–H groups in total. The first kappa shape index (κ1) is 8.94. The van der Waals surface area contributed by atoms with Crippen LogP contribution in [0.4, 0.5) is 0 Å². The molecule has 10 heavy (non-hydrogen) atoms. The van der Waals surface area contributed by atoms with Gasteiger partial charge < -0.3 is 17.2 Å². The Bertz CT molecular complexity index is 158. The van der Waals surface area contributed by atoms with Crippen molar-refractivity contribution in [3.8, 4) is 0 Å². The van der Waals surface area contributed by atoms with Crippen LogP contribution in [0, 0.1) is 0 Å². The first-order valence-electron chi connectivity index (χ1n) is 2.97. The molecule has 0 fully saturated rings. The Labute approximate surface area is 62.4 Å². The van der Waals surface area contributed by atoms with Crippen LogP contribution in [-0.2, 0) is 0 Å². The quantitative estimate of drug-likeness (QED) is 0.458. The van der Waals surface area contributed by atoms with E-state index in [1.807, 2.05) is 0 Å². The summed E-state index contributed by atoms with van der Waals surface area (Å²) in [7, 11) is 5.29. The Morgan fingerprint density at radius 2 is 1.70 bits per heavy atom. The lowest BCUT2D eigenvalue weighted by molar-refractivity contribution is 0.914. The second kappa shape index (κ2) is 3.87. The lowest BCUT2D eigenvalue weighted by atomic mass is 9.93. The van der Waals surface area contributed by atoms with Crippen LogP contribution in [0.3, 0.4) is 0 Å². The third-order valence-electron chi connectivity index (χ3n) is 1.09. The van der Waals surface area contributed by atoms with Gasteiger partial charge in [-0.1, -0.05) is 0 Å². The van der Waals surface area contributed by atoms with Crippen molar-refractivity contribution >= 4 is 7.85 Å². The Morgan fingerprint density at radius 1 is 1.20 bits per heavy atom. The fourth-order valence-corrected chi connectivity index (χ4v) is 0.440. The average molecular weight is 137 g/mol. The molecule has 0 spiro atoms. The normalized spacial score (nSPS) is 8.80. The van der Waals surface area contributed by atoms with Crippen LogP contribution < -0.4 is 17.2 Å². The number of allylic oxidation sites excluding steroid dienone is 2. The Kier molecular flexibility index (Phi) is 3.47. The van der Waals surface area contributed by atoms with E-state index in [2.05, 4.69) is 6.58 Å². The molecule has 0 unspecified atom stereocenters. The van der Waals surface area contributed by atoms with E-state index in [0.29, 0.717) is 24.0 Å². The minimum absolute atomic E-state index is 0.168. The predicted octanol–water partition coefficient (Wildman–Crippen LogP) is -0.506. The minimum Gasteiger partial charge on any atom is -0.399 e. The van der Waals surface area contributed by atoms with Gasteiger partial charge in [0.15, 0.2) is 0 Å². The van der Waals surface area contributed by atoms with E-state index in [9.17, 15) is 0 Å². The summed E-state index contributed by atoms with van der Waals surface area (Å²) >= 11 is 0. The second-order valence-corrected chi connectivity index (χ2v) is 2.14. The van der Waals surface area contributed by atoms with E-state index in [1.165, 1.54) is 0 Å². The highest BCUT2D eigenvalue weighted by Gasteiger charge is 1.93. The molecule has 0 rings (SSSR count). The minimum atomic E-state index is 0.168. The summed E-state index contributed by atoms with van der Waals surface area (Å²) < 4.78 is 0. The highest BCUT2D eigenvalue weighted by atomic mass is 14.8. The molecule has 0 aliphatic carbocycles. The molecule has 2 radical (unpaired) electrons. The first-order valence-corrected chi connectivity index (χ1v) is 2.97. The maximum Gasteiger partial charge on any atom is 0.113 e. The molecule has 0 aromatic heterocycles. The molecule has 0 aliphatic rings. The Balaban J connectivity index is 3.71. The number of rotatable bonds is 3. The van der Waals surface area contributed by atoms with E-state index >= 15 is 0 Å². The molecule has 4 heteroatoms. The zero-order valence-corrected chi connectivity index (χ0v) is 5.93. The van der Waals surface area contributed by atoms with Gasteiger partial charge in [0.05, 0.1) is 0 Å². The van der Waals surface area contributed by atoms with Gasteiger partial charge in [-0.05, 0) is 12.8 Å². The van der Waals surface area contributed by atoms with E-state index in [-0.39, 0.29) is 5.82 Å². The zero-order chi connectivity index (χ0) is 8.15. The molecule has 0 heterocycles. The molecule has 3 nitrogen and oxygen atoms in total. The van der Waals surface area contributed by atoms with Crippen LogP contribution in [-0.4, -0.2) is 7.85 Å². The van der Waals surface area contributed by atoms with Crippen molar-refractivity contribution in [2.45, 2.75) is 12.8 Å². The third kappa shape index (κ3) is 3.89. The van der Waals surface area contributed by atoms with Gasteiger partial charge in [-0.15, -0.1) is 12.1 Å². The summed E-state index contributed by atoms with van der Waals surface area (Å²) in [6, 6.07) is 0. The summed E-state index contributed by atoms with van der Waals surface area (Å²) in [5, 5.41) is 0. The lowest BCUT2D eigenvalue weighted by Crippen LogP contribution is -2.17. The fraction of sp³-hybridized carbons (Fsp3) is 0.333. The van der Waals surface area contributed by atoms with Crippen molar-refractivity contribution in [3.05, 3.63) is 23.6 Å².